The van der Waals surface area contributed by atoms with Gasteiger partial charge in [0.25, 0.3) is 0 Å². The highest BCUT2D eigenvalue weighted by atomic mass is 16.5. The molecule has 0 bridgehead atoms. The molecule has 3 N–H and O–H groups in total. The SMILES string of the molecule is C=CCOC(=O)C1CC(Oc2cccc(C(=N)N)c2)CN1CC. The molecule has 2 rings (SSSR count). The van der Waals surface area contributed by atoms with Gasteiger partial charge in [0.2, 0.25) is 0 Å². The lowest BCUT2D eigenvalue weighted by atomic mass is 10.2. The third-order valence-corrected chi connectivity index (χ3v) is 3.83. The molecule has 1 saturated heterocycles. The van der Waals surface area contributed by atoms with Crippen molar-refractivity contribution < 1.29 is 14.3 Å². The zero-order valence-electron chi connectivity index (χ0n) is 13.3. The molecule has 0 saturated carbocycles. The van der Waals surface area contributed by atoms with Crippen molar-refractivity contribution in [3.05, 3.63) is 42.5 Å². The number of nitrogens with one attached hydrogen (secondary N) is 1. The Morgan fingerprint density at radius 2 is 2.35 bits per heavy atom. The average Bonchev–Trinajstić information content (AvgIpc) is 2.95. The fourth-order valence-electron chi connectivity index (χ4n) is 2.71. The van der Waals surface area contributed by atoms with Crippen LogP contribution in [0.2, 0.25) is 0 Å². The maximum absolute atomic E-state index is 12.1. The summed E-state index contributed by atoms with van der Waals surface area (Å²) in [5, 5.41) is 7.48. The predicted molar refractivity (Wildman–Crippen MR) is 88.7 cm³/mol. The van der Waals surface area contributed by atoms with Gasteiger partial charge in [0, 0.05) is 18.5 Å². The fraction of sp³-hybridized carbons (Fsp3) is 0.412. The van der Waals surface area contributed by atoms with Crippen molar-refractivity contribution in [2.75, 3.05) is 19.7 Å². The van der Waals surface area contributed by atoms with Crippen molar-refractivity contribution >= 4 is 11.8 Å². The van der Waals surface area contributed by atoms with Crippen molar-refractivity contribution in [3.63, 3.8) is 0 Å². The van der Waals surface area contributed by atoms with Crippen LogP contribution in [0, 0.1) is 5.41 Å². The lowest BCUT2D eigenvalue weighted by molar-refractivity contribution is -0.147. The zero-order chi connectivity index (χ0) is 16.8. The van der Waals surface area contributed by atoms with E-state index in [4.69, 9.17) is 20.6 Å². The summed E-state index contributed by atoms with van der Waals surface area (Å²) in [6, 6.07) is 6.83. The molecule has 0 aliphatic carbocycles. The predicted octanol–water partition coefficient (Wildman–Crippen LogP) is 1.54. The Balaban J connectivity index is 2.02. The van der Waals surface area contributed by atoms with Gasteiger partial charge in [-0.3, -0.25) is 15.1 Å². The van der Waals surface area contributed by atoms with Crippen molar-refractivity contribution in [3.8, 4) is 5.75 Å². The van der Waals surface area contributed by atoms with E-state index < -0.39 is 0 Å². The molecule has 1 fully saturated rings. The number of carbonyl (C=O) groups excluding carboxylic acids is 1. The number of esters is 1. The number of benzene rings is 1. The van der Waals surface area contributed by atoms with Gasteiger partial charge >= 0.3 is 5.97 Å². The third kappa shape index (κ3) is 4.32. The molecule has 6 nitrogen and oxygen atoms in total. The van der Waals surface area contributed by atoms with E-state index in [1.54, 1.807) is 24.3 Å². The highest BCUT2D eigenvalue weighted by Gasteiger charge is 2.38. The van der Waals surface area contributed by atoms with Crippen LogP contribution in [0.25, 0.3) is 0 Å². The van der Waals surface area contributed by atoms with E-state index in [-0.39, 0.29) is 30.6 Å². The van der Waals surface area contributed by atoms with Gasteiger partial charge in [-0.2, -0.15) is 0 Å². The molecule has 0 radical (unpaired) electrons. The Labute approximate surface area is 136 Å². The first-order chi connectivity index (χ1) is 11.0. The summed E-state index contributed by atoms with van der Waals surface area (Å²) in [6.07, 6.45) is 2.04. The second-order valence-corrected chi connectivity index (χ2v) is 5.44. The number of hydrogen-bond acceptors (Lipinski definition) is 5. The minimum Gasteiger partial charge on any atom is -0.489 e. The molecule has 0 spiro atoms. The van der Waals surface area contributed by atoms with Crippen LogP contribution in [0.1, 0.15) is 18.9 Å². The van der Waals surface area contributed by atoms with E-state index in [0.29, 0.717) is 24.3 Å². The number of nitrogens with zero attached hydrogens (tertiary/aromatic N) is 1. The average molecular weight is 317 g/mol. The lowest BCUT2D eigenvalue weighted by Gasteiger charge is -2.20. The van der Waals surface area contributed by atoms with Gasteiger partial charge in [0.05, 0.1) is 0 Å². The van der Waals surface area contributed by atoms with Crippen LogP contribution in [0.4, 0.5) is 0 Å². The molecule has 1 aromatic carbocycles. The Morgan fingerprint density at radius 3 is 3.00 bits per heavy atom. The summed E-state index contributed by atoms with van der Waals surface area (Å²) in [7, 11) is 0. The number of hydrogen-bond donors (Lipinski definition) is 2. The molecular formula is C17H23N3O3. The van der Waals surface area contributed by atoms with E-state index in [2.05, 4.69) is 6.58 Å². The Bertz CT molecular complexity index is 588. The van der Waals surface area contributed by atoms with Gasteiger partial charge in [-0.15, -0.1) is 0 Å². The second-order valence-electron chi connectivity index (χ2n) is 5.44. The molecule has 1 aliphatic heterocycles. The Kier molecular flexibility index (Phi) is 5.76. The van der Waals surface area contributed by atoms with Crippen molar-refractivity contribution in [2.45, 2.75) is 25.5 Å². The summed E-state index contributed by atoms with van der Waals surface area (Å²) >= 11 is 0. The first-order valence-corrected chi connectivity index (χ1v) is 7.67. The van der Waals surface area contributed by atoms with E-state index in [9.17, 15) is 4.79 Å². The maximum Gasteiger partial charge on any atom is 0.323 e. The number of ether oxygens (including phenoxy) is 2. The van der Waals surface area contributed by atoms with Gasteiger partial charge in [0.15, 0.2) is 0 Å². The first kappa shape index (κ1) is 17.0. The van der Waals surface area contributed by atoms with Crippen LogP contribution < -0.4 is 10.5 Å². The van der Waals surface area contributed by atoms with Gasteiger partial charge in [0.1, 0.15) is 30.3 Å². The molecule has 1 heterocycles. The summed E-state index contributed by atoms with van der Waals surface area (Å²) < 4.78 is 11.1. The molecular weight excluding hydrogens is 294 g/mol. The maximum atomic E-state index is 12.1. The molecule has 124 valence electrons. The summed E-state index contributed by atoms with van der Waals surface area (Å²) in [5.74, 6) is 0.414. The number of nitrogens with two attached hydrogens (primary N) is 1. The summed E-state index contributed by atoms with van der Waals surface area (Å²) in [4.78, 5) is 14.1. The van der Waals surface area contributed by atoms with Crippen LogP contribution >= 0.6 is 0 Å². The van der Waals surface area contributed by atoms with Crippen molar-refractivity contribution in [1.82, 2.24) is 4.90 Å². The number of nitrogen functional groups attached to an aromatic ring is 1. The quantitative estimate of drug-likeness (QED) is 0.345. The summed E-state index contributed by atoms with van der Waals surface area (Å²) in [6.45, 7) is 7.19. The molecule has 1 aliphatic rings. The molecule has 0 aromatic heterocycles. The van der Waals surface area contributed by atoms with E-state index >= 15 is 0 Å². The van der Waals surface area contributed by atoms with E-state index in [1.165, 1.54) is 0 Å². The van der Waals surface area contributed by atoms with Gasteiger partial charge in [-0.05, 0) is 18.7 Å². The minimum absolute atomic E-state index is 0.00272. The number of rotatable bonds is 7. The van der Waals surface area contributed by atoms with Crippen molar-refractivity contribution in [2.24, 2.45) is 5.73 Å². The molecule has 6 heteroatoms. The molecule has 2 unspecified atom stereocenters. The van der Waals surface area contributed by atoms with E-state index in [1.807, 2.05) is 17.9 Å². The largest absolute Gasteiger partial charge is 0.489 e. The Hall–Kier alpha value is -2.34. The molecule has 2 atom stereocenters. The highest BCUT2D eigenvalue weighted by molar-refractivity contribution is 5.95. The van der Waals surface area contributed by atoms with Crippen LogP contribution in [0.5, 0.6) is 5.75 Å². The number of likely N-dealkylation sites (N-methyl/N-ethyl adjacent to an activating group) is 1. The van der Waals surface area contributed by atoms with E-state index in [0.717, 1.165) is 6.54 Å². The number of amidine groups is 1. The van der Waals surface area contributed by atoms with Gasteiger partial charge < -0.3 is 15.2 Å². The van der Waals surface area contributed by atoms with Gasteiger partial charge in [-0.25, -0.2) is 0 Å². The zero-order valence-corrected chi connectivity index (χ0v) is 13.3. The van der Waals surface area contributed by atoms with Crippen LogP contribution in [0.15, 0.2) is 36.9 Å². The molecule has 23 heavy (non-hydrogen) atoms. The van der Waals surface area contributed by atoms with Gasteiger partial charge in [-0.1, -0.05) is 31.7 Å². The number of carbonyl (C=O) groups is 1. The number of likely N-dealkylation sites (tertiary alicyclic amines) is 1. The topological polar surface area (TPSA) is 88.6 Å². The second kappa shape index (κ2) is 7.78. The fourth-order valence-corrected chi connectivity index (χ4v) is 2.71. The molecule has 0 amide bonds. The summed E-state index contributed by atoms with van der Waals surface area (Å²) in [5.41, 5.74) is 6.11. The van der Waals surface area contributed by atoms with Crippen molar-refractivity contribution in [1.29, 1.82) is 5.41 Å². The Morgan fingerprint density at radius 1 is 1.57 bits per heavy atom. The van der Waals surface area contributed by atoms with Crippen LogP contribution in [0.3, 0.4) is 0 Å². The first-order valence-electron chi connectivity index (χ1n) is 7.67. The van der Waals surface area contributed by atoms with Crippen LogP contribution in [-0.4, -0.2) is 48.5 Å². The lowest BCUT2D eigenvalue weighted by Crippen LogP contribution is -2.37. The standard InChI is InChI=1S/C17H23N3O3/c1-3-8-22-17(21)15-10-14(11-20(15)4-2)23-13-7-5-6-12(9-13)16(18)19/h3,5-7,9,14-15H,1,4,8,10-11H2,2H3,(H3,18,19). The highest BCUT2D eigenvalue weighted by Crippen LogP contribution is 2.24. The minimum atomic E-state index is -0.291. The molecule has 1 aromatic rings. The normalized spacial score (nSPS) is 20.9. The van der Waals surface area contributed by atoms with Crippen LogP contribution in [-0.2, 0) is 9.53 Å². The third-order valence-electron chi connectivity index (χ3n) is 3.83. The smallest absolute Gasteiger partial charge is 0.323 e. The monoisotopic (exact) mass is 317 g/mol.